The van der Waals surface area contributed by atoms with Crippen molar-refractivity contribution in [2.45, 2.75) is 57.0 Å². The molecule has 2 aliphatic carbocycles. The largest absolute Gasteiger partial charge is 0.493 e. The number of rotatable bonds is 10. The summed E-state index contributed by atoms with van der Waals surface area (Å²) < 4.78 is 21.1. The third-order valence-electron chi connectivity index (χ3n) is 7.52. The van der Waals surface area contributed by atoms with Crippen molar-refractivity contribution < 1.29 is 23.8 Å². The number of amides is 1. The van der Waals surface area contributed by atoms with Crippen LogP contribution in [0.4, 0.5) is 4.39 Å². The first-order valence-corrected chi connectivity index (χ1v) is 13.7. The summed E-state index contributed by atoms with van der Waals surface area (Å²) in [6.45, 7) is 3.13. The summed E-state index contributed by atoms with van der Waals surface area (Å²) in [7, 11) is 0. The van der Waals surface area contributed by atoms with Crippen molar-refractivity contribution in [3.8, 4) is 5.75 Å². The van der Waals surface area contributed by atoms with E-state index in [2.05, 4.69) is 10.2 Å². The van der Waals surface area contributed by atoms with Crippen molar-refractivity contribution in [3.63, 3.8) is 0 Å². The lowest BCUT2D eigenvalue weighted by Crippen LogP contribution is -2.42. The van der Waals surface area contributed by atoms with Gasteiger partial charge < -0.3 is 15.2 Å². The van der Waals surface area contributed by atoms with E-state index in [1.807, 2.05) is 12.1 Å². The van der Waals surface area contributed by atoms with Gasteiger partial charge in [-0.15, -0.1) is 0 Å². The average Bonchev–Trinajstić information content (AvgIpc) is 3.75. The van der Waals surface area contributed by atoms with Gasteiger partial charge in [-0.3, -0.25) is 9.69 Å². The van der Waals surface area contributed by atoms with Crippen LogP contribution in [0.2, 0.25) is 10.0 Å². The van der Waals surface area contributed by atoms with Gasteiger partial charge in [-0.2, -0.15) is 0 Å². The second-order valence-corrected chi connectivity index (χ2v) is 11.5. The molecular weight excluding hydrogens is 518 g/mol. The molecule has 9 heteroatoms. The zero-order chi connectivity index (χ0) is 26.1. The molecular formula is C28H31Cl2FN2O4. The molecule has 3 fully saturated rings. The first-order valence-electron chi connectivity index (χ1n) is 12.9. The van der Waals surface area contributed by atoms with Crippen molar-refractivity contribution in [2.75, 3.05) is 19.7 Å². The molecule has 2 aromatic rings. The summed E-state index contributed by atoms with van der Waals surface area (Å²) in [4.78, 5) is 26.6. The number of likely N-dealkylation sites (tertiary alicyclic amines) is 1. The van der Waals surface area contributed by atoms with Gasteiger partial charge in [0.2, 0.25) is 0 Å². The minimum atomic E-state index is -1.08. The Bertz CT molecular complexity index is 1160. The molecule has 0 radical (unpaired) electrons. The zero-order valence-electron chi connectivity index (χ0n) is 20.5. The van der Waals surface area contributed by atoms with Crippen LogP contribution in [-0.4, -0.2) is 47.6 Å². The molecule has 1 amide bonds. The number of nitrogens with zero attached hydrogens (tertiary/aromatic N) is 1. The molecule has 0 aromatic heterocycles. The highest BCUT2D eigenvalue weighted by atomic mass is 35.5. The minimum absolute atomic E-state index is 0.0790. The molecule has 1 aliphatic heterocycles. The summed E-state index contributed by atoms with van der Waals surface area (Å²) in [6, 6.07) is 7.49. The number of carboxylic acid groups (broad SMARTS) is 1. The average molecular weight is 549 g/mol. The van der Waals surface area contributed by atoms with E-state index in [0.717, 1.165) is 69.3 Å². The third-order valence-corrected chi connectivity index (χ3v) is 7.95. The Hall–Kier alpha value is -2.35. The van der Waals surface area contributed by atoms with Crippen molar-refractivity contribution in [2.24, 2.45) is 11.8 Å². The fraction of sp³-hybridized carbons (Fsp3) is 0.500. The molecule has 6 nitrogen and oxygen atoms in total. The Morgan fingerprint density at radius 2 is 1.70 bits per heavy atom. The molecule has 3 aliphatic rings. The monoisotopic (exact) mass is 548 g/mol. The van der Waals surface area contributed by atoms with Crippen molar-refractivity contribution in [1.29, 1.82) is 0 Å². The lowest BCUT2D eigenvalue weighted by molar-refractivity contribution is -0.139. The predicted octanol–water partition coefficient (Wildman–Crippen LogP) is 5.89. The Morgan fingerprint density at radius 3 is 2.30 bits per heavy atom. The van der Waals surface area contributed by atoms with Gasteiger partial charge in [-0.05, 0) is 105 Å². The highest BCUT2D eigenvalue weighted by molar-refractivity contribution is 6.34. The summed E-state index contributed by atoms with van der Waals surface area (Å²) in [5.41, 5.74) is 1.81. The number of benzene rings is 2. The highest BCUT2D eigenvalue weighted by Crippen LogP contribution is 2.45. The van der Waals surface area contributed by atoms with E-state index in [0.29, 0.717) is 28.3 Å². The van der Waals surface area contributed by atoms with Gasteiger partial charge in [0.25, 0.3) is 5.91 Å². The van der Waals surface area contributed by atoms with E-state index < -0.39 is 23.7 Å². The SMILES string of the molecule is O=C(NC(C(=O)O)C1CC1)c1cc(C2CC2)c(OCC2CCN(Cc3cc(Cl)cc(Cl)c3)CC2)cc1F. The third kappa shape index (κ3) is 6.75. The van der Waals surface area contributed by atoms with Crippen molar-refractivity contribution in [3.05, 3.63) is 62.9 Å². The van der Waals surface area contributed by atoms with Gasteiger partial charge in [0.05, 0.1) is 12.2 Å². The van der Waals surface area contributed by atoms with E-state index in [1.54, 1.807) is 12.1 Å². The molecule has 0 bridgehead atoms. The first-order chi connectivity index (χ1) is 17.8. The molecule has 0 spiro atoms. The van der Waals surface area contributed by atoms with Gasteiger partial charge in [0, 0.05) is 22.7 Å². The molecule has 2 aromatic carbocycles. The molecule has 5 rings (SSSR count). The van der Waals surface area contributed by atoms with Crippen LogP contribution in [0.5, 0.6) is 5.75 Å². The van der Waals surface area contributed by atoms with Crippen LogP contribution in [0.3, 0.4) is 0 Å². The van der Waals surface area contributed by atoms with Crippen molar-refractivity contribution >= 4 is 35.1 Å². The number of halogens is 3. The summed E-state index contributed by atoms with van der Waals surface area (Å²) in [6.07, 6.45) is 5.38. The number of ether oxygens (including phenoxy) is 1. The van der Waals surface area contributed by atoms with Crippen LogP contribution in [0.1, 0.15) is 65.9 Å². The molecule has 2 N–H and O–H groups in total. The Balaban J connectivity index is 1.18. The molecule has 37 heavy (non-hydrogen) atoms. The maximum absolute atomic E-state index is 15.0. The van der Waals surface area contributed by atoms with Gasteiger partial charge in [-0.1, -0.05) is 23.2 Å². The maximum atomic E-state index is 15.0. The minimum Gasteiger partial charge on any atom is -0.493 e. The number of carbonyl (C=O) groups excluding carboxylic acids is 1. The summed E-state index contributed by atoms with van der Waals surface area (Å²) in [5, 5.41) is 13.2. The number of carbonyl (C=O) groups is 2. The summed E-state index contributed by atoms with van der Waals surface area (Å²) in [5.74, 6) is -1.44. The van der Waals surface area contributed by atoms with Gasteiger partial charge in [-0.25, -0.2) is 9.18 Å². The molecule has 1 unspecified atom stereocenters. The summed E-state index contributed by atoms with van der Waals surface area (Å²) >= 11 is 12.3. The predicted molar refractivity (Wildman–Crippen MR) is 140 cm³/mol. The standard InChI is InChI=1S/C28H31Cl2FN2O4/c29-20-9-17(10-21(30)11-20)14-33-7-5-16(6-8-33)15-37-25-13-24(31)23(12-22(25)18-1-2-18)27(34)32-26(28(35)36)19-3-4-19/h9-13,16,18-19,26H,1-8,14-15H2,(H,32,34)(H,35,36). The smallest absolute Gasteiger partial charge is 0.326 e. The first kappa shape index (κ1) is 26.3. The van der Waals surface area contributed by atoms with E-state index in [4.69, 9.17) is 27.9 Å². The Labute approximate surface area is 226 Å². The normalized spacial score (nSPS) is 19.4. The molecule has 1 atom stereocenters. The van der Waals surface area contributed by atoms with Crippen LogP contribution < -0.4 is 10.1 Å². The molecule has 1 heterocycles. The fourth-order valence-corrected chi connectivity index (χ4v) is 5.66. The van der Waals surface area contributed by atoms with E-state index >= 15 is 0 Å². The molecule has 1 saturated heterocycles. The van der Waals surface area contributed by atoms with Gasteiger partial charge >= 0.3 is 5.97 Å². The lowest BCUT2D eigenvalue weighted by atomic mass is 9.97. The second kappa shape index (κ2) is 11.2. The lowest BCUT2D eigenvalue weighted by Gasteiger charge is -2.32. The number of carboxylic acids is 1. The molecule has 2 saturated carbocycles. The van der Waals surface area contributed by atoms with Crippen LogP contribution in [-0.2, 0) is 11.3 Å². The van der Waals surface area contributed by atoms with Gasteiger partial charge in [0.1, 0.15) is 17.6 Å². The van der Waals surface area contributed by atoms with Crippen molar-refractivity contribution in [1.82, 2.24) is 10.2 Å². The fourth-order valence-electron chi connectivity index (χ4n) is 5.09. The van der Waals surface area contributed by atoms with E-state index in [1.165, 1.54) is 6.07 Å². The Kier molecular flexibility index (Phi) is 7.93. The topological polar surface area (TPSA) is 78.9 Å². The Morgan fingerprint density at radius 1 is 1.03 bits per heavy atom. The van der Waals surface area contributed by atoms with E-state index in [9.17, 15) is 19.1 Å². The second-order valence-electron chi connectivity index (χ2n) is 10.6. The quantitative estimate of drug-likeness (QED) is 0.386. The highest BCUT2D eigenvalue weighted by Gasteiger charge is 2.38. The number of nitrogens with one attached hydrogen (secondary N) is 1. The maximum Gasteiger partial charge on any atom is 0.326 e. The van der Waals surface area contributed by atoms with Crippen LogP contribution in [0, 0.1) is 17.7 Å². The van der Waals surface area contributed by atoms with Crippen LogP contribution in [0.15, 0.2) is 30.3 Å². The van der Waals surface area contributed by atoms with Crippen LogP contribution in [0.25, 0.3) is 0 Å². The number of hydrogen-bond acceptors (Lipinski definition) is 4. The van der Waals surface area contributed by atoms with Gasteiger partial charge in [0.15, 0.2) is 0 Å². The zero-order valence-corrected chi connectivity index (χ0v) is 22.0. The molecule has 198 valence electrons. The van der Waals surface area contributed by atoms with Crippen LogP contribution >= 0.6 is 23.2 Å². The number of aliphatic carboxylic acids is 1. The van der Waals surface area contributed by atoms with E-state index in [-0.39, 0.29) is 17.4 Å². The number of piperidine rings is 1. The number of hydrogen-bond donors (Lipinski definition) is 2.